The molecule has 0 aliphatic carbocycles. The molecule has 0 saturated carbocycles. The normalized spacial score (nSPS) is 10.7. The van der Waals surface area contributed by atoms with Crippen molar-refractivity contribution < 1.29 is 4.79 Å². The van der Waals surface area contributed by atoms with Crippen LogP contribution in [-0.4, -0.2) is 11.3 Å². The summed E-state index contributed by atoms with van der Waals surface area (Å²) in [5, 5.41) is 2.02. The minimum Gasteiger partial charge on any atom is -0.298 e. The molecular weight excluding hydrogens is 270 g/mol. The van der Waals surface area contributed by atoms with E-state index < -0.39 is 0 Å². The maximum atomic E-state index is 11.2. The Morgan fingerprint density at radius 2 is 1.65 bits per heavy atom. The van der Waals surface area contributed by atoms with Gasteiger partial charge in [-0.3, -0.25) is 4.79 Å². The van der Waals surface area contributed by atoms with Gasteiger partial charge < -0.3 is 0 Å². The molecule has 0 unspecified atom stereocenters. The Kier molecular flexibility index (Phi) is 3.25. The lowest BCUT2D eigenvalue weighted by Gasteiger charge is -2.11. The Labute approximate surface area is 122 Å². The molecule has 0 saturated heterocycles. The summed E-state index contributed by atoms with van der Waals surface area (Å²) < 4.78 is 0. The molecule has 2 aromatic carbocycles. The number of hydrogen-bond acceptors (Lipinski definition) is 2. The molecule has 0 aliphatic heterocycles. The fraction of sp³-hybridized carbons (Fsp3) is 0.0588. The number of nitrogens with zero attached hydrogens (tertiary/aromatic N) is 1. The fourth-order valence-electron chi connectivity index (χ4n) is 2.41. The fourth-order valence-corrected chi connectivity index (χ4v) is 2.64. The molecule has 0 spiro atoms. The average Bonchev–Trinajstić information content (AvgIpc) is 2.47. The summed E-state index contributed by atoms with van der Waals surface area (Å²) in [6.07, 6.45) is 0.763. The molecule has 0 amide bonds. The quantitative estimate of drug-likeness (QED) is 0.504. The van der Waals surface area contributed by atoms with Gasteiger partial charge >= 0.3 is 0 Å². The first kappa shape index (κ1) is 12.8. The number of aromatic nitrogens is 1. The number of benzene rings is 2. The van der Waals surface area contributed by atoms with Crippen molar-refractivity contribution in [2.24, 2.45) is 0 Å². The number of halogens is 1. The molecule has 0 atom stereocenters. The van der Waals surface area contributed by atoms with Gasteiger partial charge in [0.05, 0.1) is 11.3 Å². The summed E-state index contributed by atoms with van der Waals surface area (Å²) in [4.78, 5) is 15.7. The molecule has 1 aromatic heterocycles. The first-order valence-corrected chi connectivity index (χ1v) is 6.69. The molecular formula is C17H12ClNO. The van der Waals surface area contributed by atoms with Crippen molar-refractivity contribution in [3.63, 3.8) is 0 Å². The van der Waals surface area contributed by atoms with Crippen molar-refractivity contribution in [1.82, 2.24) is 4.98 Å². The summed E-state index contributed by atoms with van der Waals surface area (Å²) in [5.74, 6) is 0. The Bertz CT molecular complexity index is 811. The van der Waals surface area contributed by atoms with Gasteiger partial charge in [-0.25, -0.2) is 4.98 Å². The van der Waals surface area contributed by atoms with E-state index in [1.807, 2.05) is 55.5 Å². The lowest BCUT2D eigenvalue weighted by atomic mass is 9.98. The summed E-state index contributed by atoms with van der Waals surface area (Å²) in [6.45, 7) is 2.04. The zero-order valence-corrected chi connectivity index (χ0v) is 11.7. The second-order valence-corrected chi connectivity index (χ2v) is 5.00. The topological polar surface area (TPSA) is 30.0 Å². The monoisotopic (exact) mass is 281 g/mol. The van der Waals surface area contributed by atoms with E-state index in [2.05, 4.69) is 4.98 Å². The van der Waals surface area contributed by atoms with Gasteiger partial charge in [-0.1, -0.05) is 60.1 Å². The number of carbonyl (C=O) groups excluding carboxylic acids is 1. The van der Waals surface area contributed by atoms with Crippen LogP contribution in [0.25, 0.3) is 22.0 Å². The van der Waals surface area contributed by atoms with Crippen molar-refractivity contribution in [3.8, 4) is 11.3 Å². The summed E-state index contributed by atoms with van der Waals surface area (Å²) in [6, 6.07) is 15.7. The number of aryl methyl sites for hydroxylation is 1. The number of carbonyl (C=O) groups is 1. The Hall–Kier alpha value is -2.19. The number of pyridine rings is 1. The van der Waals surface area contributed by atoms with Crippen LogP contribution in [0.3, 0.4) is 0 Å². The van der Waals surface area contributed by atoms with Crippen LogP contribution in [-0.2, 0) is 0 Å². The van der Waals surface area contributed by atoms with Gasteiger partial charge in [-0.15, -0.1) is 0 Å². The van der Waals surface area contributed by atoms with Gasteiger partial charge in [-0.2, -0.15) is 0 Å². The number of hydrogen-bond donors (Lipinski definition) is 0. The third-order valence-corrected chi connectivity index (χ3v) is 3.71. The predicted octanol–water partition coefficient (Wildman–Crippen LogP) is 4.68. The second-order valence-electron chi connectivity index (χ2n) is 4.64. The van der Waals surface area contributed by atoms with E-state index in [-0.39, 0.29) is 5.15 Å². The molecule has 3 rings (SSSR count). The van der Waals surface area contributed by atoms with Crippen LogP contribution in [0.5, 0.6) is 0 Å². The lowest BCUT2D eigenvalue weighted by molar-refractivity contribution is 0.112. The van der Waals surface area contributed by atoms with E-state index in [9.17, 15) is 4.79 Å². The van der Waals surface area contributed by atoms with Crippen LogP contribution >= 0.6 is 11.6 Å². The molecule has 1 heterocycles. The van der Waals surface area contributed by atoms with Crippen molar-refractivity contribution in [2.45, 2.75) is 6.92 Å². The first-order valence-electron chi connectivity index (χ1n) is 6.32. The highest BCUT2D eigenvalue weighted by Gasteiger charge is 2.14. The Morgan fingerprint density at radius 3 is 2.35 bits per heavy atom. The maximum Gasteiger partial charge on any atom is 0.153 e. The lowest BCUT2D eigenvalue weighted by Crippen LogP contribution is -1.95. The molecule has 0 N–H and O–H groups in total. The molecule has 20 heavy (non-hydrogen) atoms. The average molecular weight is 282 g/mol. The predicted molar refractivity (Wildman–Crippen MR) is 82.3 cm³/mol. The van der Waals surface area contributed by atoms with Crippen molar-refractivity contribution in [2.75, 3.05) is 0 Å². The van der Waals surface area contributed by atoms with E-state index in [0.717, 1.165) is 33.9 Å². The highest BCUT2D eigenvalue weighted by molar-refractivity contribution is 6.33. The zero-order valence-electron chi connectivity index (χ0n) is 10.9. The largest absolute Gasteiger partial charge is 0.298 e. The Morgan fingerprint density at radius 1 is 1.00 bits per heavy atom. The maximum absolute atomic E-state index is 11.2. The van der Waals surface area contributed by atoms with Gasteiger partial charge in [0.15, 0.2) is 6.29 Å². The smallest absolute Gasteiger partial charge is 0.153 e. The van der Waals surface area contributed by atoms with Gasteiger partial charge in [0.1, 0.15) is 5.15 Å². The Balaban J connectivity index is 2.44. The van der Waals surface area contributed by atoms with Gasteiger partial charge in [-0.05, 0) is 17.9 Å². The van der Waals surface area contributed by atoms with Crippen molar-refractivity contribution >= 4 is 28.7 Å². The van der Waals surface area contributed by atoms with Crippen molar-refractivity contribution in [3.05, 3.63) is 64.8 Å². The number of aldehydes is 1. The highest BCUT2D eigenvalue weighted by atomic mass is 35.5. The van der Waals surface area contributed by atoms with Crippen LogP contribution < -0.4 is 0 Å². The highest BCUT2D eigenvalue weighted by Crippen LogP contribution is 2.33. The molecule has 3 aromatic rings. The van der Waals surface area contributed by atoms with Gasteiger partial charge in [0.2, 0.25) is 0 Å². The van der Waals surface area contributed by atoms with E-state index in [1.54, 1.807) is 0 Å². The standard InChI is InChI=1S/C17H12ClNO/c1-11-6-2-3-7-12(11)16-14-9-5-4-8-13(14)15(10-20)17(18)19-16/h2-10H,1H3. The third kappa shape index (κ3) is 1.98. The first-order chi connectivity index (χ1) is 9.72. The van der Waals surface area contributed by atoms with E-state index in [1.165, 1.54) is 0 Å². The summed E-state index contributed by atoms with van der Waals surface area (Å²) in [7, 11) is 0. The van der Waals surface area contributed by atoms with Crippen LogP contribution in [0.1, 0.15) is 15.9 Å². The molecule has 0 bridgehead atoms. The second kappa shape index (κ2) is 5.06. The summed E-state index contributed by atoms with van der Waals surface area (Å²) >= 11 is 6.17. The van der Waals surface area contributed by atoms with Gasteiger partial charge in [0.25, 0.3) is 0 Å². The van der Waals surface area contributed by atoms with E-state index >= 15 is 0 Å². The van der Waals surface area contributed by atoms with Crippen LogP contribution in [0.2, 0.25) is 5.15 Å². The zero-order chi connectivity index (χ0) is 14.1. The van der Waals surface area contributed by atoms with Gasteiger partial charge in [0, 0.05) is 10.9 Å². The van der Waals surface area contributed by atoms with Crippen LogP contribution in [0.15, 0.2) is 48.5 Å². The summed E-state index contributed by atoms with van der Waals surface area (Å²) in [5.41, 5.74) is 3.41. The van der Waals surface area contributed by atoms with Crippen LogP contribution in [0, 0.1) is 6.92 Å². The minimum atomic E-state index is 0.247. The van der Waals surface area contributed by atoms with E-state index in [4.69, 9.17) is 11.6 Å². The van der Waals surface area contributed by atoms with Crippen molar-refractivity contribution in [1.29, 1.82) is 0 Å². The minimum absolute atomic E-state index is 0.247. The molecule has 98 valence electrons. The molecule has 0 fully saturated rings. The number of fused-ring (bicyclic) bond motifs is 1. The molecule has 0 aliphatic rings. The van der Waals surface area contributed by atoms with E-state index in [0.29, 0.717) is 5.56 Å². The number of rotatable bonds is 2. The molecule has 3 heteroatoms. The third-order valence-electron chi connectivity index (χ3n) is 3.42. The molecule has 0 radical (unpaired) electrons. The van der Waals surface area contributed by atoms with Crippen LogP contribution in [0.4, 0.5) is 0 Å². The molecule has 2 nitrogen and oxygen atoms in total. The SMILES string of the molecule is Cc1ccccc1-c1nc(Cl)c(C=O)c2ccccc12.